The van der Waals surface area contributed by atoms with Gasteiger partial charge in [-0.3, -0.25) is 4.79 Å². The van der Waals surface area contributed by atoms with Gasteiger partial charge in [0.25, 0.3) is 5.91 Å². The molecule has 1 amide bonds. The average molecular weight is 445 g/mol. The molecule has 0 spiro atoms. The molecule has 3 aromatic rings. The van der Waals surface area contributed by atoms with E-state index in [0.717, 1.165) is 37.1 Å². The Morgan fingerprint density at radius 2 is 1.76 bits per heavy atom. The standard InChI is InChI=1S/C28H36N4O/c1-6-20-14-16-22(17-15-20)28(7-2,8-3)31-26(33)23-19-29-32-25(23)30-24(18-27(32,4)5)21-12-10-9-11-13-21/h9-17,19,24,30H,6-8,18H2,1-5H3,(H,31,33). The van der Waals surface area contributed by atoms with E-state index in [2.05, 4.69) is 98.9 Å². The van der Waals surface area contributed by atoms with Gasteiger partial charge in [0.2, 0.25) is 0 Å². The molecule has 1 aromatic heterocycles. The summed E-state index contributed by atoms with van der Waals surface area (Å²) in [5.41, 5.74) is 3.64. The van der Waals surface area contributed by atoms with E-state index >= 15 is 0 Å². The summed E-state index contributed by atoms with van der Waals surface area (Å²) in [5.74, 6) is 0.705. The molecule has 174 valence electrons. The first kappa shape index (κ1) is 23.1. The Morgan fingerprint density at radius 1 is 1.09 bits per heavy atom. The molecule has 33 heavy (non-hydrogen) atoms. The smallest absolute Gasteiger partial charge is 0.257 e. The second-order valence-corrected chi connectivity index (χ2v) is 9.74. The lowest BCUT2D eigenvalue weighted by Crippen LogP contribution is -2.45. The molecule has 0 aliphatic carbocycles. The Kier molecular flexibility index (Phi) is 6.33. The predicted octanol–water partition coefficient (Wildman–Crippen LogP) is 6.18. The Balaban J connectivity index is 1.66. The number of carbonyl (C=O) groups is 1. The molecule has 1 aliphatic rings. The van der Waals surface area contributed by atoms with Gasteiger partial charge in [0.1, 0.15) is 11.4 Å². The maximum atomic E-state index is 13.7. The third-order valence-electron chi connectivity index (χ3n) is 7.28. The van der Waals surface area contributed by atoms with Gasteiger partial charge < -0.3 is 10.6 Å². The molecule has 2 heterocycles. The first-order valence-electron chi connectivity index (χ1n) is 12.2. The minimum atomic E-state index is -0.415. The molecule has 0 fully saturated rings. The monoisotopic (exact) mass is 444 g/mol. The molecule has 0 saturated heterocycles. The highest BCUT2D eigenvalue weighted by molar-refractivity contribution is 5.99. The van der Waals surface area contributed by atoms with Crippen molar-refractivity contribution in [2.75, 3.05) is 5.32 Å². The van der Waals surface area contributed by atoms with Gasteiger partial charge in [0.05, 0.1) is 23.3 Å². The highest BCUT2D eigenvalue weighted by Gasteiger charge is 2.38. The average Bonchev–Trinajstić information content (AvgIpc) is 3.28. The summed E-state index contributed by atoms with van der Waals surface area (Å²) in [6.07, 6.45) is 5.24. The van der Waals surface area contributed by atoms with Crippen LogP contribution in [0.3, 0.4) is 0 Å². The second kappa shape index (κ2) is 9.05. The lowest BCUT2D eigenvalue weighted by Gasteiger charge is -2.38. The third-order valence-corrected chi connectivity index (χ3v) is 7.28. The van der Waals surface area contributed by atoms with Crippen molar-refractivity contribution in [1.29, 1.82) is 0 Å². The predicted molar refractivity (Wildman–Crippen MR) is 135 cm³/mol. The van der Waals surface area contributed by atoms with Gasteiger partial charge in [-0.15, -0.1) is 0 Å². The second-order valence-electron chi connectivity index (χ2n) is 9.74. The quantitative estimate of drug-likeness (QED) is 0.457. The van der Waals surface area contributed by atoms with Crippen LogP contribution in [0, 0.1) is 0 Å². The van der Waals surface area contributed by atoms with Crippen molar-refractivity contribution in [3.8, 4) is 0 Å². The first-order chi connectivity index (χ1) is 15.8. The first-order valence-corrected chi connectivity index (χ1v) is 12.2. The maximum Gasteiger partial charge on any atom is 0.257 e. The van der Waals surface area contributed by atoms with Gasteiger partial charge in [0, 0.05) is 0 Å². The third kappa shape index (κ3) is 4.29. The molecular formula is C28H36N4O. The zero-order valence-electron chi connectivity index (χ0n) is 20.5. The van der Waals surface area contributed by atoms with Crippen LogP contribution in [0.5, 0.6) is 0 Å². The van der Waals surface area contributed by atoms with E-state index in [1.54, 1.807) is 6.20 Å². The van der Waals surface area contributed by atoms with Crippen LogP contribution in [0.2, 0.25) is 0 Å². The van der Waals surface area contributed by atoms with E-state index < -0.39 is 5.54 Å². The van der Waals surface area contributed by atoms with E-state index in [-0.39, 0.29) is 17.5 Å². The number of carbonyl (C=O) groups excluding carboxylic acids is 1. The van der Waals surface area contributed by atoms with Crippen molar-refractivity contribution in [3.63, 3.8) is 0 Å². The molecule has 1 aliphatic heterocycles. The number of anilines is 1. The fraction of sp³-hybridized carbons (Fsp3) is 0.429. The number of nitrogens with one attached hydrogen (secondary N) is 2. The Bertz CT molecular complexity index is 1090. The maximum absolute atomic E-state index is 13.7. The highest BCUT2D eigenvalue weighted by atomic mass is 16.1. The van der Waals surface area contributed by atoms with Crippen LogP contribution < -0.4 is 10.6 Å². The van der Waals surface area contributed by atoms with Crippen LogP contribution in [0.25, 0.3) is 0 Å². The summed E-state index contributed by atoms with van der Waals surface area (Å²) in [6, 6.07) is 19.2. The van der Waals surface area contributed by atoms with Crippen molar-refractivity contribution >= 4 is 11.7 Å². The Hall–Kier alpha value is -3.08. The molecule has 5 heteroatoms. The number of aromatic nitrogens is 2. The van der Waals surface area contributed by atoms with Crippen molar-refractivity contribution < 1.29 is 4.79 Å². The molecule has 1 atom stereocenters. The van der Waals surface area contributed by atoms with Gasteiger partial charge in [-0.2, -0.15) is 5.10 Å². The van der Waals surface area contributed by atoms with Gasteiger partial charge in [-0.05, 0) is 56.2 Å². The fourth-order valence-corrected chi connectivity index (χ4v) is 5.05. The SMILES string of the molecule is CCc1ccc(C(CC)(CC)NC(=O)c2cnn3c2NC(c2ccccc2)CC3(C)C)cc1. The molecule has 0 bridgehead atoms. The summed E-state index contributed by atoms with van der Waals surface area (Å²) < 4.78 is 1.97. The largest absolute Gasteiger partial charge is 0.363 e. The van der Waals surface area contributed by atoms with Crippen LogP contribution in [-0.2, 0) is 17.5 Å². The van der Waals surface area contributed by atoms with Gasteiger partial charge in [-0.1, -0.05) is 75.4 Å². The van der Waals surface area contributed by atoms with Crippen molar-refractivity contribution in [2.45, 2.75) is 77.4 Å². The molecule has 0 saturated carbocycles. The van der Waals surface area contributed by atoms with Crippen molar-refractivity contribution in [1.82, 2.24) is 15.1 Å². The summed E-state index contributed by atoms with van der Waals surface area (Å²) in [5, 5.41) is 11.6. The summed E-state index contributed by atoms with van der Waals surface area (Å²) in [6.45, 7) is 10.8. The molecule has 2 aromatic carbocycles. The van der Waals surface area contributed by atoms with E-state index in [1.807, 2.05) is 10.7 Å². The molecule has 0 radical (unpaired) electrons. The number of hydrogen-bond acceptors (Lipinski definition) is 3. The lowest BCUT2D eigenvalue weighted by atomic mass is 9.83. The molecular weight excluding hydrogens is 408 g/mol. The number of rotatable bonds is 7. The van der Waals surface area contributed by atoms with Crippen LogP contribution in [0.15, 0.2) is 60.8 Å². The normalized spacial score (nSPS) is 17.2. The highest BCUT2D eigenvalue weighted by Crippen LogP contribution is 2.40. The Morgan fingerprint density at radius 3 is 2.36 bits per heavy atom. The summed E-state index contributed by atoms with van der Waals surface area (Å²) >= 11 is 0. The number of amides is 1. The number of fused-ring (bicyclic) bond motifs is 1. The Labute approximate surface area is 197 Å². The van der Waals surface area contributed by atoms with E-state index in [0.29, 0.717) is 5.56 Å². The molecule has 4 rings (SSSR count). The van der Waals surface area contributed by atoms with Crippen molar-refractivity contribution in [2.24, 2.45) is 0 Å². The van der Waals surface area contributed by atoms with E-state index in [9.17, 15) is 4.79 Å². The zero-order valence-corrected chi connectivity index (χ0v) is 20.5. The zero-order chi connectivity index (χ0) is 23.6. The lowest BCUT2D eigenvalue weighted by molar-refractivity contribution is 0.0890. The topological polar surface area (TPSA) is 59.0 Å². The number of nitrogens with zero attached hydrogens (tertiary/aromatic N) is 2. The van der Waals surface area contributed by atoms with Crippen LogP contribution >= 0.6 is 0 Å². The van der Waals surface area contributed by atoms with Gasteiger partial charge >= 0.3 is 0 Å². The summed E-state index contributed by atoms with van der Waals surface area (Å²) in [7, 11) is 0. The number of aryl methyl sites for hydroxylation is 1. The summed E-state index contributed by atoms with van der Waals surface area (Å²) in [4.78, 5) is 13.7. The van der Waals surface area contributed by atoms with E-state index in [1.165, 1.54) is 11.1 Å². The number of benzene rings is 2. The van der Waals surface area contributed by atoms with Gasteiger partial charge in [0.15, 0.2) is 0 Å². The van der Waals surface area contributed by atoms with Crippen LogP contribution in [0.1, 0.15) is 87.0 Å². The molecule has 2 N–H and O–H groups in total. The number of hydrogen-bond donors (Lipinski definition) is 2. The van der Waals surface area contributed by atoms with E-state index in [4.69, 9.17) is 0 Å². The van der Waals surface area contributed by atoms with Crippen molar-refractivity contribution in [3.05, 3.63) is 83.0 Å². The van der Waals surface area contributed by atoms with Gasteiger partial charge in [-0.25, -0.2) is 4.68 Å². The molecule has 1 unspecified atom stereocenters. The van der Waals surface area contributed by atoms with Crippen LogP contribution in [-0.4, -0.2) is 15.7 Å². The fourth-order valence-electron chi connectivity index (χ4n) is 5.05. The van der Waals surface area contributed by atoms with Crippen LogP contribution in [0.4, 0.5) is 5.82 Å². The minimum absolute atomic E-state index is 0.0865. The molecule has 5 nitrogen and oxygen atoms in total. The minimum Gasteiger partial charge on any atom is -0.363 e.